The Labute approximate surface area is 130 Å². The van der Waals surface area contributed by atoms with E-state index in [0.717, 1.165) is 37.3 Å². The zero-order chi connectivity index (χ0) is 15.6. The van der Waals surface area contributed by atoms with Gasteiger partial charge in [0, 0.05) is 18.8 Å². The van der Waals surface area contributed by atoms with E-state index in [1.54, 1.807) is 6.92 Å². The Hall–Kier alpha value is -1.79. The van der Waals surface area contributed by atoms with Crippen LogP contribution in [0.15, 0.2) is 22.7 Å². The summed E-state index contributed by atoms with van der Waals surface area (Å²) in [6.07, 6.45) is 2.12. The first-order valence-corrected chi connectivity index (χ1v) is 7.69. The van der Waals surface area contributed by atoms with Gasteiger partial charge >= 0.3 is 0 Å². The molecule has 6 heteroatoms. The molecule has 3 rings (SSSR count). The standard InChI is InChI=1S/C16H22N4O2/c1-12-5-3-6-14(17-12)10-20-8-4-7-16(21,11-20)9-15-18-13(2)19-22-15/h3,5-6,21H,4,7-11H2,1-2H3. The SMILES string of the molecule is Cc1cccc(CN2CCCC(O)(Cc3nc(C)no3)C2)n1. The number of hydrogen-bond acceptors (Lipinski definition) is 6. The molecule has 0 aliphatic carbocycles. The van der Waals surface area contributed by atoms with Crippen LogP contribution in [-0.4, -0.2) is 43.8 Å². The van der Waals surface area contributed by atoms with Crippen LogP contribution in [-0.2, 0) is 13.0 Å². The molecule has 1 atom stereocenters. The minimum atomic E-state index is -0.805. The number of rotatable bonds is 4. The number of hydrogen-bond donors (Lipinski definition) is 1. The molecule has 0 saturated carbocycles. The molecule has 1 aliphatic rings. The summed E-state index contributed by atoms with van der Waals surface area (Å²) in [5, 5.41) is 14.6. The normalized spacial score (nSPS) is 22.9. The van der Waals surface area contributed by atoms with Gasteiger partial charge in [-0.1, -0.05) is 11.2 Å². The zero-order valence-corrected chi connectivity index (χ0v) is 13.1. The van der Waals surface area contributed by atoms with Crippen molar-refractivity contribution in [2.75, 3.05) is 13.1 Å². The molecule has 2 aromatic rings. The van der Waals surface area contributed by atoms with Crippen molar-refractivity contribution >= 4 is 0 Å². The number of aryl methyl sites for hydroxylation is 2. The smallest absolute Gasteiger partial charge is 0.229 e. The fourth-order valence-corrected chi connectivity index (χ4v) is 3.10. The number of pyridine rings is 1. The molecule has 0 spiro atoms. The lowest BCUT2D eigenvalue weighted by molar-refractivity contribution is -0.0376. The van der Waals surface area contributed by atoms with E-state index in [0.29, 0.717) is 24.7 Å². The fourth-order valence-electron chi connectivity index (χ4n) is 3.10. The second-order valence-corrected chi connectivity index (χ2v) is 6.22. The van der Waals surface area contributed by atoms with E-state index in [1.165, 1.54) is 0 Å². The van der Waals surface area contributed by atoms with E-state index in [9.17, 15) is 5.11 Å². The van der Waals surface area contributed by atoms with Crippen molar-refractivity contribution in [3.63, 3.8) is 0 Å². The highest BCUT2D eigenvalue weighted by molar-refractivity contribution is 5.10. The number of nitrogens with zero attached hydrogens (tertiary/aromatic N) is 4. The third kappa shape index (κ3) is 3.69. The average molecular weight is 302 g/mol. The van der Waals surface area contributed by atoms with E-state index in [1.807, 2.05) is 25.1 Å². The van der Waals surface area contributed by atoms with Crippen molar-refractivity contribution in [2.24, 2.45) is 0 Å². The first-order chi connectivity index (χ1) is 10.5. The van der Waals surface area contributed by atoms with Crippen LogP contribution in [0.5, 0.6) is 0 Å². The summed E-state index contributed by atoms with van der Waals surface area (Å²) >= 11 is 0. The van der Waals surface area contributed by atoms with Crippen molar-refractivity contribution in [3.05, 3.63) is 41.3 Å². The third-order valence-electron chi connectivity index (χ3n) is 4.02. The van der Waals surface area contributed by atoms with Crippen molar-refractivity contribution in [1.82, 2.24) is 20.0 Å². The Bertz CT molecular complexity index is 643. The van der Waals surface area contributed by atoms with Crippen molar-refractivity contribution in [2.45, 2.75) is 45.3 Å². The molecule has 2 aromatic heterocycles. The topological polar surface area (TPSA) is 75.3 Å². The molecule has 1 aliphatic heterocycles. The number of β-amino-alcohol motifs (C(OH)–C–C–N with tert-alkyl or cyclic N) is 1. The predicted octanol–water partition coefficient (Wildman–Crippen LogP) is 1.65. The molecular weight excluding hydrogens is 280 g/mol. The quantitative estimate of drug-likeness (QED) is 0.925. The molecule has 0 amide bonds. The van der Waals surface area contributed by atoms with Crippen LogP contribution in [0.3, 0.4) is 0 Å². The summed E-state index contributed by atoms with van der Waals surface area (Å²) in [7, 11) is 0. The second-order valence-electron chi connectivity index (χ2n) is 6.22. The highest BCUT2D eigenvalue weighted by atomic mass is 16.5. The largest absolute Gasteiger partial charge is 0.388 e. The summed E-state index contributed by atoms with van der Waals surface area (Å²) in [4.78, 5) is 11.0. The summed E-state index contributed by atoms with van der Waals surface area (Å²) in [6, 6.07) is 6.05. The van der Waals surface area contributed by atoms with Gasteiger partial charge in [-0.25, -0.2) is 0 Å². The van der Waals surface area contributed by atoms with Crippen LogP contribution in [0.25, 0.3) is 0 Å². The Morgan fingerprint density at radius 1 is 1.32 bits per heavy atom. The molecule has 0 aromatic carbocycles. The summed E-state index contributed by atoms with van der Waals surface area (Å²) in [5.41, 5.74) is 1.25. The number of aliphatic hydroxyl groups is 1. The Morgan fingerprint density at radius 3 is 2.91 bits per heavy atom. The molecule has 0 radical (unpaired) electrons. The van der Waals surface area contributed by atoms with Crippen LogP contribution in [0.1, 0.15) is 35.9 Å². The average Bonchev–Trinajstić information content (AvgIpc) is 2.83. The van der Waals surface area contributed by atoms with Crippen LogP contribution in [0.2, 0.25) is 0 Å². The van der Waals surface area contributed by atoms with Gasteiger partial charge < -0.3 is 9.63 Å². The Balaban J connectivity index is 1.65. The van der Waals surface area contributed by atoms with Gasteiger partial charge in [0.2, 0.25) is 5.89 Å². The van der Waals surface area contributed by atoms with E-state index in [4.69, 9.17) is 4.52 Å². The molecule has 1 saturated heterocycles. The van der Waals surface area contributed by atoms with Crippen molar-refractivity contribution in [1.29, 1.82) is 0 Å². The third-order valence-corrected chi connectivity index (χ3v) is 4.02. The van der Waals surface area contributed by atoms with Crippen molar-refractivity contribution < 1.29 is 9.63 Å². The van der Waals surface area contributed by atoms with Crippen LogP contribution < -0.4 is 0 Å². The van der Waals surface area contributed by atoms with E-state index >= 15 is 0 Å². The number of aromatic nitrogens is 3. The minimum Gasteiger partial charge on any atom is -0.388 e. The first kappa shape index (κ1) is 15.1. The zero-order valence-electron chi connectivity index (χ0n) is 13.1. The molecule has 1 fully saturated rings. The molecule has 118 valence electrons. The van der Waals surface area contributed by atoms with Gasteiger partial charge in [0.15, 0.2) is 5.82 Å². The number of piperidine rings is 1. The second kappa shape index (κ2) is 6.14. The lowest BCUT2D eigenvalue weighted by Crippen LogP contribution is -2.49. The Morgan fingerprint density at radius 2 is 2.18 bits per heavy atom. The Kier molecular flexibility index (Phi) is 4.22. The van der Waals surface area contributed by atoms with Gasteiger partial charge in [-0.05, 0) is 45.4 Å². The maximum atomic E-state index is 10.8. The predicted molar refractivity (Wildman–Crippen MR) is 81.2 cm³/mol. The van der Waals surface area contributed by atoms with E-state index in [-0.39, 0.29) is 0 Å². The van der Waals surface area contributed by atoms with Crippen LogP contribution in [0, 0.1) is 13.8 Å². The number of likely N-dealkylation sites (tertiary alicyclic amines) is 1. The lowest BCUT2D eigenvalue weighted by Gasteiger charge is -2.38. The van der Waals surface area contributed by atoms with Crippen molar-refractivity contribution in [3.8, 4) is 0 Å². The van der Waals surface area contributed by atoms with Gasteiger partial charge in [-0.2, -0.15) is 4.98 Å². The van der Waals surface area contributed by atoms with Gasteiger partial charge in [0.05, 0.1) is 17.7 Å². The van der Waals surface area contributed by atoms with Gasteiger partial charge in [0.1, 0.15) is 0 Å². The molecule has 1 N–H and O–H groups in total. The molecular formula is C16H22N4O2. The summed E-state index contributed by atoms with van der Waals surface area (Å²) < 4.78 is 5.15. The minimum absolute atomic E-state index is 0.408. The molecule has 22 heavy (non-hydrogen) atoms. The van der Waals surface area contributed by atoms with E-state index < -0.39 is 5.60 Å². The van der Waals surface area contributed by atoms with Crippen LogP contribution >= 0.6 is 0 Å². The molecule has 0 bridgehead atoms. The maximum absolute atomic E-state index is 10.8. The monoisotopic (exact) mass is 302 g/mol. The molecule has 1 unspecified atom stereocenters. The van der Waals surface area contributed by atoms with E-state index in [2.05, 4.69) is 20.0 Å². The van der Waals surface area contributed by atoms with Gasteiger partial charge in [-0.15, -0.1) is 0 Å². The molecule has 6 nitrogen and oxygen atoms in total. The van der Waals surface area contributed by atoms with Gasteiger partial charge in [0.25, 0.3) is 0 Å². The first-order valence-electron chi connectivity index (χ1n) is 7.69. The highest BCUT2D eigenvalue weighted by Crippen LogP contribution is 2.25. The van der Waals surface area contributed by atoms with Gasteiger partial charge in [-0.3, -0.25) is 9.88 Å². The highest BCUT2D eigenvalue weighted by Gasteiger charge is 2.35. The summed E-state index contributed by atoms with van der Waals surface area (Å²) in [5.74, 6) is 1.12. The molecule has 3 heterocycles. The fraction of sp³-hybridized carbons (Fsp3) is 0.562. The summed E-state index contributed by atoms with van der Waals surface area (Å²) in [6.45, 7) is 6.11. The lowest BCUT2D eigenvalue weighted by atomic mass is 9.89. The maximum Gasteiger partial charge on any atom is 0.229 e. The van der Waals surface area contributed by atoms with Crippen LogP contribution in [0.4, 0.5) is 0 Å².